The van der Waals surface area contributed by atoms with Crippen LogP contribution < -0.4 is 5.32 Å². The van der Waals surface area contributed by atoms with Gasteiger partial charge in [-0.1, -0.05) is 18.5 Å². The van der Waals surface area contributed by atoms with Gasteiger partial charge in [0.15, 0.2) is 5.82 Å². The number of aromatic amines is 1. The molecule has 2 N–H and O–H groups in total. The lowest BCUT2D eigenvalue weighted by atomic mass is 9.90. The van der Waals surface area contributed by atoms with Gasteiger partial charge in [-0.25, -0.2) is 13.8 Å². The Balaban J connectivity index is 1.53. The number of nitrogens with zero attached hydrogens (tertiary/aromatic N) is 3. The van der Waals surface area contributed by atoms with Gasteiger partial charge in [0.1, 0.15) is 17.6 Å². The van der Waals surface area contributed by atoms with Crippen molar-refractivity contribution in [1.29, 1.82) is 0 Å². The molecule has 1 amide bonds. The summed E-state index contributed by atoms with van der Waals surface area (Å²) >= 11 is 6.38. The van der Waals surface area contributed by atoms with E-state index in [9.17, 15) is 27.2 Å². The van der Waals surface area contributed by atoms with Crippen molar-refractivity contribution < 1.29 is 31.5 Å². The van der Waals surface area contributed by atoms with Crippen molar-refractivity contribution in [3.63, 3.8) is 0 Å². The van der Waals surface area contributed by atoms with Crippen molar-refractivity contribution in [2.75, 3.05) is 5.32 Å². The van der Waals surface area contributed by atoms with Gasteiger partial charge < -0.3 is 9.72 Å². The summed E-state index contributed by atoms with van der Waals surface area (Å²) in [4.78, 5) is 27.8. The van der Waals surface area contributed by atoms with Crippen LogP contribution in [0.25, 0.3) is 27.7 Å². The number of carbonyl (C=O) groups excluding carboxylic acids is 2. The standard InChI is InChI=1S/C23H17ClF5N5O2/c1-9(4-14(35)23(27,28)29)17-20(26)19(24)18(12-6-30-33-21(12)17)10-2-3-16-31-15(8-34(16)7-10)32-22(36)11-5-13(11)25/h2-3,6-9,11,13H,4-5H2,1H3,(H,30,33)(H,32,36)/t9?,11-,13+/m1/s1. The molecule has 5 rings (SSSR count). The number of rotatable bonds is 6. The molecule has 0 saturated heterocycles. The van der Waals surface area contributed by atoms with Crippen molar-refractivity contribution in [1.82, 2.24) is 19.6 Å². The molecule has 1 saturated carbocycles. The molecule has 36 heavy (non-hydrogen) atoms. The second-order valence-corrected chi connectivity index (χ2v) is 9.14. The van der Waals surface area contributed by atoms with Crippen LogP contribution in [0.2, 0.25) is 5.02 Å². The quantitative estimate of drug-likeness (QED) is 0.321. The Morgan fingerprint density at radius 2 is 2.03 bits per heavy atom. The van der Waals surface area contributed by atoms with Gasteiger partial charge in [-0.05, 0) is 24.5 Å². The second-order valence-electron chi connectivity index (χ2n) is 8.76. The Hall–Kier alpha value is -3.54. The van der Waals surface area contributed by atoms with Gasteiger partial charge in [0.25, 0.3) is 0 Å². The molecule has 0 radical (unpaired) electrons. The topological polar surface area (TPSA) is 92.2 Å². The lowest BCUT2D eigenvalue weighted by Gasteiger charge is -2.18. The molecule has 1 fully saturated rings. The number of fused-ring (bicyclic) bond motifs is 2. The highest BCUT2D eigenvalue weighted by Gasteiger charge is 2.44. The number of H-pyrrole nitrogens is 1. The number of anilines is 1. The summed E-state index contributed by atoms with van der Waals surface area (Å²) in [5.41, 5.74) is 1.06. The first kappa shape index (κ1) is 24.2. The predicted octanol–water partition coefficient (Wildman–Crippen LogP) is 5.59. The van der Waals surface area contributed by atoms with Crippen molar-refractivity contribution in [3.8, 4) is 11.1 Å². The van der Waals surface area contributed by atoms with Crippen molar-refractivity contribution in [3.05, 3.63) is 47.1 Å². The zero-order chi connectivity index (χ0) is 25.9. The summed E-state index contributed by atoms with van der Waals surface area (Å²) < 4.78 is 68.5. The smallest absolute Gasteiger partial charge is 0.309 e. The molecule has 1 unspecified atom stereocenters. The zero-order valence-electron chi connectivity index (χ0n) is 18.5. The number of ketones is 1. The first-order valence-corrected chi connectivity index (χ1v) is 11.2. The van der Waals surface area contributed by atoms with Gasteiger partial charge >= 0.3 is 6.18 Å². The van der Waals surface area contributed by atoms with E-state index in [0.29, 0.717) is 16.6 Å². The molecule has 1 aliphatic rings. The molecule has 7 nitrogen and oxygen atoms in total. The molecule has 0 aliphatic heterocycles. The third kappa shape index (κ3) is 4.19. The maximum atomic E-state index is 15.5. The van der Waals surface area contributed by atoms with Crippen molar-refractivity contribution >= 4 is 45.7 Å². The Bertz CT molecular complexity index is 1530. The monoisotopic (exact) mass is 525 g/mol. The Kier molecular flexibility index (Phi) is 5.73. The number of imidazole rings is 1. The maximum absolute atomic E-state index is 15.5. The van der Waals surface area contributed by atoms with Gasteiger partial charge in [0.2, 0.25) is 11.7 Å². The Morgan fingerprint density at radius 1 is 1.31 bits per heavy atom. The van der Waals surface area contributed by atoms with Crippen LogP contribution in [0.1, 0.15) is 31.2 Å². The summed E-state index contributed by atoms with van der Waals surface area (Å²) in [6, 6.07) is 3.20. The van der Waals surface area contributed by atoms with Gasteiger partial charge in [-0.3, -0.25) is 14.7 Å². The average molecular weight is 526 g/mol. The number of nitrogens with one attached hydrogen (secondary N) is 2. The average Bonchev–Trinajstić information content (AvgIpc) is 3.16. The lowest BCUT2D eigenvalue weighted by Crippen LogP contribution is -2.24. The molecule has 0 spiro atoms. The van der Waals surface area contributed by atoms with E-state index in [0.717, 1.165) is 0 Å². The number of halogens is 6. The molecule has 0 bridgehead atoms. The second kappa shape index (κ2) is 8.54. The van der Waals surface area contributed by atoms with E-state index in [1.54, 1.807) is 22.7 Å². The number of aromatic nitrogens is 4. The fourth-order valence-electron chi connectivity index (χ4n) is 4.23. The Morgan fingerprint density at radius 3 is 2.69 bits per heavy atom. The maximum Gasteiger partial charge on any atom is 0.449 e. The number of Topliss-reactive ketones (excluding diaryl/α,β-unsaturated/α-hetero) is 1. The molecule has 3 atom stereocenters. The number of pyridine rings is 1. The number of hydrogen-bond acceptors (Lipinski definition) is 4. The third-order valence-corrected chi connectivity index (χ3v) is 6.52. The van der Waals surface area contributed by atoms with E-state index < -0.39 is 48.1 Å². The number of benzene rings is 1. The van der Waals surface area contributed by atoms with E-state index in [1.807, 2.05) is 0 Å². The van der Waals surface area contributed by atoms with Crippen LogP contribution >= 0.6 is 11.6 Å². The van der Waals surface area contributed by atoms with Crippen LogP contribution in [0.4, 0.5) is 27.8 Å². The predicted molar refractivity (Wildman–Crippen MR) is 121 cm³/mol. The van der Waals surface area contributed by atoms with Crippen LogP contribution in [0, 0.1) is 11.7 Å². The SMILES string of the molecule is CC(CC(=O)C(F)(F)F)c1c(F)c(Cl)c(-c2ccc3nc(NC(=O)[C@@H]4C[C@@H]4F)cn3c2)c2cn[nH]c12. The van der Waals surface area contributed by atoms with E-state index in [1.165, 1.54) is 19.3 Å². The molecule has 1 aromatic carbocycles. The molecular weight excluding hydrogens is 509 g/mol. The number of carbonyl (C=O) groups is 2. The fraction of sp³-hybridized carbons (Fsp3) is 0.304. The molecule has 1 aliphatic carbocycles. The lowest BCUT2D eigenvalue weighted by molar-refractivity contribution is -0.171. The first-order valence-electron chi connectivity index (χ1n) is 10.8. The summed E-state index contributed by atoms with van der Waals surface area (Å²) in [7, 11) is 0. The highest BCUT2D eigenvalue weighted by molar-refractivity contribution is 6.35. The van der Waals surface area contributed by atoms with Gasteiger partial charge in [0, 0.05) is 34.7 Å². The summed E-state index contributed by atoms with van der Waals surface area (Å²) in [6.07, 6.45) is -2.52. The van der Waals surface area contributed by atoms with E-state index in [4.69, 9.17) is 11.6 Å². The molecular formula is C23H17ClF5N5O2. The van der Waals surface area contributed by atoms with Gasteiger partial charge in [0.05, 0.1) is 28.9 Å². The highest BCUT2D eigenvalue weighted by atomic mass is 35.5. The van der Waals surface area contributed by atoms with Crippen molar-refractivity contribution in [2.45, 2.75) is 38.0 Å². The normalized spacial score (nSPS) is 18.5. The first-order chi connectivity index (χ1) is 17.0. The molecule has 188 valence electrons. The van der Waals surface area contributed by atoms with Gasteiger partial charge in [-0.2, -0.15) is 18.3 Å². The van der Waals surface area contributed by atoms with E-state index >= 15 is 4.39 Å². The summed E-state index contributed by atoms with van der Waals surface area (Å²) in [6.45, 7) is 1.30. The fourth-order valence-corrected chi connectivity index (χ4v) is 4.54. The minimum atomic E-state index is -5.04. The molecule has 3 aromatic heterocycles. The molecule has 4 aromatic rings. The number of alkyl halides is 4. The van der Waals surface area contributed by atoms with E-state index in [-0.39, 0.29) is 33.9 Å². The highest BCUT2D eigenvalue weighted by Crippen LogP contribution is 2.42. The van der Waals surface area contributed by atoms with Crippen LogP contribution in [0.15, 0.2) is 30.7 Å². The molecule has 13 heteroatoms. The van der Waals surface area contributed by atoms with Gasteiger partial charge in [-0.15, -0.1) is 0 Å². The van der Waals surface area contributed by atoms with Crippen LogP contribution in [0.5, 0.6) is 0 Å². The van der Waals surface area contributed by atoms with Crippen molar-refractivity contribution in [2.24, 2.45) is 5.92 Å². The summed E-state index contributed by atoms with van der Waals surface area (Å²) in [5, 5.41) is 9.07. The zero-order valence-corrected chi connectivity index (χ0v) is 19.2. The van der Waals surface area contributed by atoms with Crippen LogP contribution in [-0.2, 0) is 9.59 Å². The minimum absolute atomic E-state index is 0.123. The Labute approximate surface area is 204 Å². The minimum Gasteiger partial charge on any atom is -0.309 e. The number of amides is 1. The van der Waals surface area contributed by atoms with E-state index in [2.05, 4.69) is 20.5 Å². The summed E-state index contributed by atoms with van der Waals surface area (Å²) in [5.74, 6) is -5.01. The largest absolute Gasteiger partial charge is 0.449 e. The van der Waals surface area contributed by atoms with Crippen LogP contribution in [0.3, 0.4) is 0 Å². The third-order valence-electron chi connectivity index (χ3n) is 6.17. The molecule has 3 heterocycles. The van der Waals surface area contributed by atoms with Crippen LogP contribution in [-0.4, -0.2) is 43.6 Å². The number of hydrogen-bond donors (Lipinski definition) is 2.